The number of hydrogen-bond donors (Lipinski definition) is 0. The van der Waals surface area contributed by atoms with Gasteiger partial charge in [0.05, 0.1) is 12.7 Å². The van der Waals surface area contributed by atoms with Crippen molar-refractivity contribution in [1.82, 2.24) is 0 Å². The molecule has 23 heavy (non-hydrogen) atoms. The van der Waals surface area contributed by atoms with Crippen LogP contribution in [0.2, 0.25) is 0 Å². The zero-order valence-corrected chi connectivity index (χ0v) is 14.0. The van der Waals surface area contributed by atoms with Crippen molar-refractivity contribution in [3.8, 4) is 5.75 Å². The van der Waals surface area contributed by atoms with Gasteiger partial charge in [0.1, 0.15) is 12.4 Å². The molecule has 0 unspecified atom stereocenters. The Bertz CT molecular complexity index is 682. The van der Waals surface area contributed by atoms with Gasteiger partial charge in [0.25, 0.3) is 0 Å². The first-order valence-electron chi connectivity index (χ1n) is 6.80. The Hall–Kier alpha value is -2.34. The fourth-order valence-electron chi connectivity index (χ4n) is 1.78. The van der Waals surface area contributed by atoms with Gasteiger partial charge in [0.2, 0.25) is 0 Å². The first-order chi connectivity index (χ1) is 11.1. The molecule has 5 nitrogen and oxygen atoms in total. The number of halogens is 1. The van der Waals surface area contributed by atoms with Crippen LogP contribution in [0.5, 0.6) is 5.75 Å². The van der Waals surface area contributed by atoms with E-state index in [2.05, 4.69) is 20.7 Å². The van der Waals surface area contributed by atoms with Crippen molar-refractivity contribution < 1.29 is 23.8 Å². The van der Waals surface area contributed by atoms with Crippen LogP contribution in [-0.2, 0) is 20.9 Å². The largest absolute Gasteiger partial charge is 0.482 e. The summed E-state index contributed by atoms with van der Waals surface area (Å²) >= 11 is 3.32. The molecular formula is C17H15BrO5. The molecule has 0 radical (unpaired) electrons. The van der Waals surface area contributed by atoms with Gasteiger partial charge in [-0.1, -0.05) is 28.1 Å². The Morgan fingerprint density at radius 1 is 1.09 bits per heavy atom. The van der Waals surface area contributed by atoms with Crippen molar-refractivity contribution in [2.24, 2.45) is 0 Å². The molecular weight excluding hydrogens is 364 g/mol. The topological polar surface area (TPSA) is 61.8 Å². The lowest BCUT2D eigenvalue weighted by Crippen LogP contribution is -2.14. The van der Waals surface area contributed by atoms with Gasteiger partial charge in [0.15, 0.2) is 6.61 Å². The SMILES string of the molecule is COC(=O)c1cccc(COC(=O)COc2ccc(Br)cc2)c1. The van der Waals surface area contributed by atoms with Crippen LogP contribution >= 0.6 is 15.9 Å². The van der Waals surface area contributed by atoms with Gasteiger partial charge >= 0.3 is 11.9 Å². The molecule has 0 aliphatic carbocycles. The molecule has 2 rings (SSSR count). The van der Waals surface area contributed by atoms with Crippen molar-refractivity contribution in [3.63, 3.8) is 0 Å². The lowest BCUT2D eigenvalue weighted by Gasteiger charge is -2.08. The first-order valence-corrected chi connectivity index (χ1v) is 7.59. The third-order valence-electron chi connectivity index (χ3n) is 2.92. The van der Waals surface area contributed by atoms with Crippen LogP contribution in [0.1, 0.15) is 15.9 Å². The van der Waals surface area contributed by atoms with Crippen LogP contribution in [-0.4, -0.2) is 25.7 Å². The number of rotatable bonds is 6. The highest BCUT2D eigenvalue weighted by atomic mass is 79.9. The Balaban J connectivity index is 1.82. The van der Waals surface area contributed by atoms with Crippen molar-refractivity contribution in [1.29, 1.82) is 0 Å². The van der Waals surface area contributed by atoms with Crippen LogP contribution in [0.15, 0.2) is 53.0 Å². The highest BCUT2D eigenvalue weighted by Gasteiger charge is 2.08. The highest BCUT2D eigenvalue weighted by Crippen LogP contribution is 2.16. The van der Waals surface area contributed by atoms with E-state index in [0.29, 0.717) is 16.9 Å². The van der Waals surface area contributed by atoms with E-state index in [4.69, 9.17) is 9.47 Å². The number of benzene rings is 2. The van der Waals surface area contributed by atoms with E-state index in [1.54, 1.807) is 36.4 Å². The molecule has 0 N–H and O–H groups in total. The van der Waals surface area contributed by atoms with E-state index in [1.807, 2.05) is 12.1 Å². The van der Waals surface area contributed by atoms with E-state index in [9.17, 15) is 9.59 Å². The fraction of sp³-hybridized carbons (Fsp3) is 0.176. The zero-order valence-electron chi connectivity index (χ0n) is 12.5. The van der Waals surface area contributed by atoms with Crippen LogP contribution < -0.4 is 4.74 Å². The van der Waals surface area contributed by atoms with Gasteiger partial charge in [0, 0.05) is 4.47 Å². The molecule has 6 heteroatoms. The van der Waals surface area contributed by atoms with E-state index >= 15 is 0 Å². The molecule has 0 saturated heterocycles. The number of esters is 2. The van der Waals surface area contributed by atoms with Crippen LogP contribution in [0, 0.1) is 0 Å². The van der Waals surface area contributed by atoms with Gasteiger partial charge in [-0.2, -0.15) is 0 Å². The molecule has 0 bridgehead atoms. The monoisotopic (exact) mass is 378 g/mol. The van der Waals surface area contributed by atoms with Gasteiger partial charge < -0.3 is 14.2 Å². The van der Waals surface area contributed by atoms with Crippen molar-refractivity contribution in [3.05, 3.63) is 64.1 Å². The molecule has 0 aliphatic heterocycles. The molecule has 0 atom stereocenters. The lowest BCUT2D eigenvalue weighted by atomic mass is 10.1. The van der Waals surface area contributed by atoms with Crippen molar-refractivity contribution in [2.75, 3.05) is 13.7 Å². The van der Waals surface area contributed by atoms with Crippen LogP contribution in [0.4, 0.5) is 0 Å². The number of hydrogen-bond acceptors (Lipinski definition) is 5. The number of methoxy groups -OCH3 is 1. The summed E-state index contributed by atoms with van der Waals surface area (Å²) in [5.41, 5.74) is 1.11. The Morgan fingerprint density at radius 2 is 1.83 bits per heavy atom. The van der Waals surface area contributed by atoms with E-state index in [0.717, 1.165) is 4.47 Å². The molecule has 120 valence electrons. The molecule has 0 fully saturated rings. The van der Waals surface area contributed by atoms with Crippen molar-refractivity contribution in [2.45, 2.75) is 6.61 Å². The maximum absolute atomic E-state index is 11.7. The average molecular weight is 379 g/mol. The molecule has 2 aromatic carbocycles. The second-order valence-electron chi connectivity index (χ2n) is 4.60. The molecule has 0 saturated carbocycles. The third-order valence-corrected chi connectivity index (χ3v) is 3.45. The Morgan fingerprint density at radius 3 is 2.52 bits per heavy atom. The number of ether oxygens (including phenoxy) is 3. The van der Waals surface area contributed by atoms with Gasteiger partial charge in [-0.15, -0.1) is 0 Å². The van der Waals surface area contributed by atoms with E-state index in [1.165, 1.54) is 7.11 Å². The maximum Gasteiger partial charge on any atom is 0.344 e. The second kappa shape index (κ2) is 8.33. The fourth-order valence-corrected chi connectivity index (χ4v) is 2.05. The predicted octanol–water partition coefficient (Wildman–Crippen LogP) is 3.36. The molecule has 0 aliphatic rings. The standard InChI is InChI=1S/C17H15BrO5/c1-21-17(20)13-4-2-3-12(9-13)10-23-16(19)11-22-15-7-5-14(18)6-8-15/h2-9H,10-11H2,1H3. The molecule has 0 aromatic heterocycles. The quantitative estimate of drug-likeness (QED) is 0.721. The summed E-state index contributed by atoms with van der Waals surface area (Å²) in [7, 11) is 1.31. The third kappa shape index (κ3) is 5.41. The summed E-state index contributed by atoms with van der Waals surface area (Å²) < 4.78 is 16.0. The van der Waals surface area contributed by atoms with Crippen molar-refractivity contribution >= 4 is 27.9 Å². The molecule has 2 aromatic rings. The molecule has 0 amide bonds. The minimum atomic E-state index is -0.489. The smallest absolute Gasteiger partial charge is 0.344 e. The minimum Gasteiger partial charge on any atom is -0.482 e. The number of carbonyl (C=O) groups is 2. The highest BCUT2D eigenvalue weighted by molar-refractivity contribution is 9.10. The minimum absolute atomic E-state index is 0.0629. The van der Waals surface area contributed by atoms with Crippen LogP contribution in [0.25, 0.3) is 0 Å². The Kier molecular flexibility index (Phi) is 6.17. The summed E-state index contributed by atoms with van der Waals surface area (Å²) in [5, 5.41) is 0. The zero-order chi connectivity index (χ0) is 16.7. The van der Waals surface area contributed by atoms with E-state index in [-0.39, 0.29) is 13.2 Å². The average Bonchev–Trinajstić information content (AvgIpc) is 2.59. The maximum atomic E-state index is 11.7. The second-order valence-corrected chi connectivity index (χ2v) is 5.51. The van der Waals surface area contributed by atoms with Crippen LogP contribution in [0.3, 0.4) is 0 Å². The summed E-state index contributed by atoms with van der Waals surface area (Å²) in [6.45, 7) is -0.119. The normalized spacial score (nSPS) is 10.0. The molecule has 0 heterocycles. The summed E-state index contributed by atoms with van der Waals surface area (Å²) in [5.74, 6) is -0.342. The Labute approximate surface area is 142 Å². The summed E-state index contributed by atoms with van der Waals surface area (Å²) in [6, 6.07) is 13.8. The van der Waals surface area contributed by atoms with E-state index < -0.39 is 11.9 Å². The summed E-state index contributed by atoms with van der Waals surface area (Å²) in [6.07, 6.45) is 0. The summed E-state index contributed by atoms with van der Waals surface area (Å²) in [4.78, 5) is 23.1. The first kappa shape index (κ1) is 17.0. The molecule has 0 spiro atoms. The number of carbonyl (C=O) groups excluding carboxylic acids is 2. The predicted molar refractivity (Wildman–Crippen MR) is 87.2 cm³/mol. The van der Waals surface area contributed by atoms with Gasteiger partial charge in [-0.25, -0.2) is 9.59 Å². The lowest BCUT2D eigenvalue weighted by molar-refractivity contribution is -0.147. The van der Waals surface area contributed by atoms with Gasteiger partial charge in [-0.3, -0.25) is 0 Å². The van der Waals surface area contributed by atoms with Gasteiger partial charge in [-0.05, 0) is 42.0 Å².